The van der Waals surface area contributed by atoms with Crippen LogP contribution in [0, 0.1) is 11.3 Å². The fraction of sp³-hybridized carbons (Fsp3) is 0.750. The Morgan fingerprint density at radius 1 is 1.60 bits per heavy atom. The first kappa shape index (κ1) is 10.7. The van der Waals surface area contributed by atoms with Crippen molar-refractivity contribution in [2.75, 3.05) is 6.54 Å². The highest BCUT2D eigenvalue weighted by atomic mass is 15.2. The monoisotopic (exact) mass is 207 g/mol. The number of nitrogens with two attached hydrogens (primary N) is 1. The number of nitrogens with zero attached hydrogens (tertiary/aromatic N) is 2. The van der Waals surface area contributed by atoms with Gasteiger partial charge >= 0.3 is 0 Å². The maximum Gasteiger partial charge on any atom is 0.0492 e. The van der Waals surface area contributed by atoms with Crippen LogP contribution < -0.4 is 5.73 Å². The lowest BCUT2D eigenvalue weighted by atomic mass is 9.80. The number of hydrogen-bond acceptors (Lipinski definition) is 2. The Morgan fingerprint density at radius 2 is 2.33 bits per heavy atom. The fourth-order valence-electron chi connectivity index (χ4n) is 2.31. The molecule has 0 aromatic carbocycles. The van der Waals surface area contributed by atoms with Gasteiger partial charge in [0, 0.05) is 18.9 Å². The quantitative estimate of drug-likeness (QED) is 0.799. The highest BCUT2D eigenvalue weighted by molar-refractivity contribution is 5.02. The second-order valence-electron chi connectivity index (χ2n) is 5.08. The smallest absolute Gasteiger partial charge is 0.0492 e. The van der Waals surface area contributed by atoms with E-state index in [4.69, 9.17) is 5.73 Å². The minimum Gasteiger partial charge on any atom is -0.330 e. The van der Waals surface area contributed by atoms with E-state index in [0.29, 0.717) is 5.41 Å². The zero-order chi connectivity index (χ0) is 10.9. The van der Waals surface area contributed by atoms with Gasteiger partial charge < -0.3 is 5.73 Å². The third kappa shape index (κ3) is 2.23. The molecule has 0 radical (unpaired) electrons. The van der Waals surface area contributed by atoms with Gasteiger partial charge in [-0.2, -0.15) is 5.10 Å². The molecule has 1 aromatic heterocycles. The van der Waals surface area contributed by atoms with Crippen LogP contribution in [0.5, 0.6) is 0 Å². The molecule has 0 saturated heterocycles. The third-order valence-electron chi connectivity index (χ3n) is 3.90. The molecule has 0 amide bonds. The van der Waals surface area contributed by atoms with Crippen molar-refractivity contribution in [2.45, 2.75) is 32.6 Å². The van der Waals surface area contributed by atoms with Crippen LogP contribution in [0.2, 0.25) is 0 Å². The molecule has 1 saturated carbocycles. The minimum atomic E-state index is 0.351. The zero-order valence-electron chi connectivity index (χ0n) is 9.74. The van der Waals surface area contributed by atoms with Crippen molar-refractivity contribution in [1.29, 1.82) is 0 Å². The predicted octanol–water partition coefficient (Wildman–Crippen LogP) is 1.73. The van der Waals surface area contributed by atoms with Crippen LogP contribution in [0.4, 0.5) is 0 Å². The average molecular weight is 207 g/mol. The van der Waals surface area contributed by atoms with Crippen molar-refractivity contribution in [1.82, 2.24) is 9.78 Å². The Kier molecular flexibility index (Phi) is 2.83. The summed E-state index contributed by atoms with van der Waals surface area (Å²) in [5.41, 5.74) is 7.57. The standard InChI is InChI=1S/C12H21N3/c1-12(9-13,10-3-4-10)7-5-11-6-8-14-15(11)2/h6,8,10H,3-5,7,9,13H2,1-2H3. The fourth-order valence-corrected chi connectivity index (χ4v) is 2.31. The van der Waals surface area contributed by atoms with Gasteiger partial charge in [0.05, 0.1) is 0 Å². The van der Waals surface area contributed by atoms with Gasteiger partial charge in [0.1, 0.15) is 0 Å². The van der Waals surface area contributed by atoms with Gasteiger partial charge in [0.2, 0.25) is 0 Å². The maximum atomic E-state index is 5.90. The molecule has 1 unspecified atom stereocenters. The Labute approximate surface area is 91.7 Å². The van der Waals surface area contributed by atoms with Gasteiger partial charge in [-0.25, -0.2) is 0 Å². The molecule has 3 nitrogen and oxygen atoms in total. The summed E-state index contributed by atoms with van der Waals surface area (Å²) in [7, 11) is 2.01. The van der Waals surface area contributed by atoms with Crippen molar-refractivity contribution < 1.29 is 0 Å². The summed E-state index contributed by atoms with van der Waals surface area (Å²) in [6.45, 7) is 3.15. The molecule has 1 heterocycles. The molecular formula is C12H21N3. The number of rotatable bonds is 5. The first-order chi connectivity index (χ1) is 7.15. The maximum absolute atomic E-state index is 5.90. The minimum absolute atomic E-state index is 0.351. The predicted molar refractivity (Wildman–Crippen MR) is 61.4 cm³/mol. The van der Waals surface area contributed by atoms with Gasteiger partial charge in [-0.05, 0) is 49.6 Å². The van der Waals surface area contributed by atoms with Crippen molar-refractivity contribution >= 4 is 0 Å². The molecule has 3 heteroatoms. The number of aryl methyl sites for hydroxylation is 2. The van der Waals surface area contributed by atoms with Gasteiger partial charge in [0.15, 0.2) is 0 Å². The van der Waals surface area contributed by atoms with E-state index < -0.39 is 0 Å². The molecule has 1 atom stereocenters. The molecular weight excluding hydrogens is 186 g/mol. The Hall–Kier alpha value is -0.830. The summed E-state index contributed by atoms with van der Waals surface area (Å²) < 4.78 is 1.96. The summed E-state index contributed by atoms with van der Waals surface area (Å²) in [4.78, 5) is 0. The summed E-state index contributed by atoms with van der Waals surface area (Å²) >= 11 is 0. The Morgan fingerprint density at radius 3 is 2.80 bits per heavy atom. The zero-order valence-corrected chi connectivity index (χ0v) is 9.74. The SMILES string of the molecule is Cn1nccc1CCC(C)(CN)C1CC1. The Balaban J connectivity index is 1.94. The van der Waals surface area contributed by atoms with Crippen LogP contribution in [0.15, 0.2) is 12.3 Å². The molecule has 84 valence electrons. The van der Waals surface area contributed by atoms with Crippen molar-refractivity contribution in [3.8, 4) is 0 Å². The summed E-state index contributed by atoms with van der Waals surface area (Å²) in [5, 5.41) is 4.19. The normalized spacial score (nSPS) is 20.2. The highest BCUT2D eigenvalue weighted by Crippen LogP contribution is 2.47. The van der Waals surface area contributed by atoms with E-state index in [-0.39, 0.29) is 0 Å². The molecule has 0 spiro atoms. The highest BCUT2D eigenvalue weighted by Gasteiger charge is 2.39. The van der Waals surface area contributed by atoms with Gasteiger partial charge in [-0.15, -0.1) is 0 Å². The molecule has 1 aliphatic carbocycles. The second-order valence-corrected chi connectivity index (χ2v) is 5.08. The number of aromatic nitrogens is 2. The molecule has 1 fully saturated rings. The summed E-state index contributed by atoms with van der Waals surface area (Å²) in [6, 6.07) is 2.10. The first-order valence-electron chi connectivity index (χ1n) is 5.83. The molecule has 0 bridgehead atoms. The van der Waals surface area contributed by atoms with Gasteiger partial charge in [-0.3, -0.25) is 4.68 Å². The van der Waals surface area contributed by atoms with E-state index in [1.54, 1.807) is 0 Å². The van der Waals surface area contributed by atoms with E-state index in [1.165, 1.54) is 25.0 Å². The van der Waals surface area contributed by atoms with E-state index in [1.807, 2.05) is 17.9 Å². The van der Waals surface area contributed by atoms with Crippen LogP contribution >= 0.6 is 0 Å². The lowest BCUT2D eigenvalue weighted by molar-refractivity contribution is 0.258. The van der Waals surface area contributed by atoms with Crippen molar-refractivity contribution in [3.63, 3.8) is 0 Å². The summed E-state index contributed by atoms with van der Waals surface area (Å²) in [6.07, 6.45) is 6.90. The van der Waals surface area contributed by atoms with Gasteiger partial charge in [0.25, 0.3) is 0 Å². The van der Waals surface area contributed by atoms with Crippen LogP contribution in [-0.2, 0) is 13.5 Å². The van der Waals surface area contributed by atoms with E-state index in [9.17, 15) is 0 Å². The Bertz CT molecular complexity index is 327. The molecule has 1 aromatic rings. The lowest BCUT2D eigenvalue weighted by Crippen LogP contribution is -2.30. The molecule has 0 aliphatic heterocycles. The van der Waals surface area contributed by atoms with E-state index >= 15 is 0 Å². The van der Waals surface area contributed by atoms with E-state index in [0.717, 1.165) is 18.9 Å². The molecule has 1 aliphatic rings. The van der Waals surface area contributed by atoms with Crippen molar-refractivity contribution in [2.24, 2.45) is 24.1 Å². The van der Waals surface area contributed by atoms with Crippen molar-refractivity contribution in [3.05, 3.63) is 18.0 Å². The first-order valence-corrected chi connectivity index (χ1v) is 5.83. The molecule has 2 N–H and O–H groups in total. The lowest BCUT2D eigenvalue weighted by Gasteiger charge is -2.27. The summed E-state index contributed by atoms with van der Waals surface area (Å²) in [5.74, 6) is 0.871. The van der Waals surface area contributed by atoms with Crippen LogP contribution in [0.1, 0.15) is 31.9 Å². The van der Waals surface area contributed by atoms with Crippen LogP contribution in [0.25, 0.3) is 0 Å². The number of hydrogen-bond donors (Lipinski definition) is 1. The van der Waals surface area contributed by atoms with E-state index in [2.05, 4.69) is 18.1 Å². The molecule has 15 heavy (non-hydrogen) atoms. The van der Waals surface area contributed by atoms with Gasteiger partial charge in [-0.1, -0.05) is 6.92 Å². The largest absolute Gasteiger partial charge is 0.330 e. The third-order valence-corrected chi connectivity index (χ3v) is 3.90. The second kappa shape index (κ2) is 3.97. The van der Waals surface area contributed by atoms with Crippen LogP contribution in [0.3, 0.4) is 0 Å². The topological polar surface area (TPSA) is 43.8 Å². The average Bonchev–Trinajstić information content (AvgIpc) is 3.01. The molecule has 2 rings (SSSR count). The van der Waals surface area contributed by atoms with Crippen LogP contribution in [-0.4, -0.2) is 16.3 Å².